The van der Waals surface area contributed by atoms with E-state index in [1.807, 2.05) is 26.8 Å². The third-order valence-electron chi connectivity index (χ3n) is 3.64. The first-order chi connectivity index (χ1) is 8.91. The highest BCUT2D eigenvalue weighted by Gasteiger charge is 2.12. The number of benzene rings is 2. The minimum absolute atomic E-state index is 0.0784. The molecule has 19 heavy (non-hydrogen) atoms. The van der Waals surface area contributed by atoms with Crippen molar-refractivity contribution in [3.63, 3.8) is 0 Å². The van der Waals surface area contributed by atoms with Crippen molar-refractivity contribution in [2.24, 2.45) is 0 Å². The lowest BCUT2D eigenvalue weighted by molar-refractivity contribution is 0.400. The largest absolute Gasteiger partial charge is 0.507 e. The summed E-state index contributed by atoms with van der Waals surface area (Å²) in [7, 11) is 0. The molecule has 0 aliphatic carbocycles. The van der Waals surface area contributed by atoms with Gasteiger partial charge in [-0.3, -0.25) is 0 Å². The van der Waals surface area contributed by atoms with Crippen LogP contribution in [-0.2, 0) is 6.42 Å². The Labute approximate surface area is 112 Å². The highest BCUT2D eigenvalue weighted by molar-refractivity contribution is 5.52. The molecular weight excluding hydrogens is 240 g/mol. The summed E-state index contributed by atoms with van der Waals surface area (Å²) in [6.45, 7) is 5.68. The molecule has 2 rings (SSSR count). The Kier molecular flexibility index (Phi) is 3.38. The van der Waals surface area contributed by atoms with Gasteiger partial charge < -0.3 is 15.3 Å². The van der Waals surface area contributed by atoms with E-state index in [4.69, 9.17) is 0 Å². The first-order valence-electron chi connectivity index (χ1n) is 6.20. The molecule has 3 heteroatoms. The Hall–Kier alpha value is -2.16. The average Bonchev–Trinajstić information content (AvgIpc) is 2.38. The van der Waals surface area contributed by atoms with Crippen molar-refractivity contribution in [3.8, 4) is 17.2 Å². The third-order valence-corrected chi connectivity index (χ3v) is 3.64. The van der Waals surface area contributed by atoms with Crippen molar-refractivity contribution in [1.29, 1.82) is 0 Å². The van der Waals surface area contributed by atoms with Crippen molar-refractivity contribution in [2.75, 3.05) is 0 Å². The molecular formula is C16H18O3. The minimum Gasteiger partial charge on any atom is -0.507 e. The predicted octanol–water partition coefficient (Wildman–Crippen LogP) is 3.32. The van der Waals surface area contributed by atoms with Crippen LogP contribution in [0.15, 0.2) is 24.3 Å². The van der Waals surface area contributed by atoms with Crippen LogP contribution in [0.1, 0.15) is 27.8 Å². The average molecular weight is 258 g/mol. The molecule has 0 heterocycles. The van der Waals surface area contributed by atoms with Crippen LogP contribution in [0.3, 0.4) is 0 Å². The summed E-state index contributed by atoms with van der Waals surface area (Å²) in [4.78, 5) is 0. The van der Waals surface area contributed by atoms with Crippen LogP contribution in [0, 0.1) is 20.8 Å². The molecule has 0 fully saturated rings. The molecule has 0 radical (unpaired) electrons. The summed E-state index contributed by atoms with van der Waals surface area (Å²) in [6.07, 6.45) is 0.522. The molecule has 0 atom stereocenters. The van der Waals surface area contributed by atoms with Crippen LogP contribution < -0.4 is 0 Å². The van der Waals surface area contributed by atoms with E-state index in [0.29, 0.717) is 17.7 Å². The lowest BCUT2D eigenvalue weighted by atomic mass is 9.94. The summed E-state index contributed by atoms with van der Waals surface area (Å²) in [5, 5.41) is 29.2. The number of aryl methyl sites for hydroxylation is 1. The smallest absolute Gasteiger partial charge is 0.161 e. The first-order valence-corrected chi connectivity index (χ1v) is 6.20. The maximum absolute atomic E-state index is 9.89. The van der Waals surface area contributed by atoms with Crippen LogP contribution in [0.4, 0.5) is 0 Å². The number of para-hydroxylation sites is 1. The van der Waals surface area contributed by atoms with Gasteiger partial charge in [0.15, 0.2) is 11.5 Å². The number of aromatic hydroxyl groups is 3. The van der Waals surface area contributed by atoms with Gasteiger partial charge in [0.05, 0.1) is 0 Å². The Balaban J connectivity index is 2.47. The van der Waals surface area contributed by atoms with Gasteiger partial charge in [-0.2, -0.15) is 0 Å². The highest BCUT2D eigenvalue weighted by atomic mass is 16.3. The molecule has 0 unspecified atom stereocenters. The Morgan fingerprint density at radius 1 is 0.842 bits per heavy atom. The van der Waals surface area contributed by atoms with Gasteiger partial charge in [-0.25, -0.2) is 0 Å². The Morgan fingerprint density at radius 3 is 2.21 bits per heavy atom. The van der Waals surface area contributed by atoms with Crippen LogP contribution in [0.25, 0.3) is 0 Å². The van der Waals surface area contributed by atoms with Gasteiger partial charge in [0, 0.05) is 12.0 Å². The summed E-state index contributed by atoms with van der Waals surface area (Å²) >= 11 is 0. The molecule has 0 saturated carbocycles. The normalized spacial score (nSPS) is 10.7. The van der Waals surface area contributed by atoms with Crippen LogP contribution in [0.2, 0.25) is 0 Å². The highest BCUT2D eigenvalue weighted by Crippen LogP contribution is 2.33. The fourth-order valence-electron chi connectivity index (χ4n) is 2.26. The van der Waals surface area contributed by atoms with Crippen LogP contribution >= 0.6 is 0 Å². The molecule has 3 N–H and O–H groups in total. The molecule has 0 aliphatic rings. The fraction of sp³-hybridized carbons (Fsp3) is 0.250. The van der Waals surface area contributed by atoms with Crippen molar-refractivity contribution in [3.05, 3.63) is 52.1 Å². The minimum atomic E-state index is -0.109. The van der Waals surface area contributed by atoms with Gasteiger partial charge in [-0.15, -0.1) is 0 Å². The second kappa shape index (κ2) is 4.84. The van der Waals surface area contributed by atoms with Crippen molar-refractivity contribution in [1.82, 2.24) is 0 Å². The topological polar surface area (TPSA) is 60.7 Å². The zero-order valence-corrected chi connectivity index (χ0v) is 11.4. The standard InChI is InChI=1S/C16H18O3/c1-9-7-13(10(2)11(3)15(9)18)8-12-5-4-6-14(17)16(12)19/h4-7,17-19H,8H2,1-3H3. The quantitative estimate of drug-likeness (QED) is 0.724. The van der Waals surface area contributed by atoms with Gasteiger partial charge in [0.1, 0.15) is 5.75 Å². The zero-order chi connectivity index (χ0) is 14.2. The number of hydrogen-bond acceptors (Lipinski definition) is 3. The van der Waals surface area contributed by atoms with Gasteiger partial charge in [0.25, 0.3) is 0 Å². The summed E-state index contributed by atoms with van der Waals surface area (Å²) < 4.78 is 0. The molecule has 2 aromatic rings. The van der Waals surface area contributed by atoms with Crippen molar-refractivity contribution < 1.29 is 15.3 Å². The predicted molar refractivity (Wildman–Crippen MR) is 74.9 cm³/mol. The Morgan fingerprint density at radius 2 is 1.53 bits per heavy atom. The summed E-state index contributed by atoms with van der Waals surface area (Å²) in [5.74, 6) is 0.133. The van der Waals surface area contributed by atoms with E-state index in [1.54, 1.807) is 12.1 Å². The number of phenolic OH excluding ortho intramolecular Hbond substituents is 3. The second-order valence-electron chi connectivity index (χ2n) is 4.91. The van der Waals surface area contributed by atoms with Crippen molar-refractivity contribution >= 4 is 0 Å². The zero-order valence-electron chi connectivity index (χ0n) is 11.4. The van der Waals surface area contributed by atoms with Gasteiger partial charge >= 0.3 is 0 Å². The van der Waals surface area contributed by atoms with Crippen LogP contribution in [-0.4, -0.2) is 15.3 Å². The van der Waals surface area contributed by atoms with E-state index in [9.17, 15) is 15.3 Å². The van der Waals surface area contributed by atoms with Crippen molar-refractivity contribution in [2.45, 2.75) is 27.2 Å². The molecule has 2 aromatic carbocycles. The lowest BCUT2D eigenvalue weighted by Crippen LogP contribution is -1.97. The summed E-state index contributed by atoms with van der Waals surface area (Å²) in [5.41, 5.74) is 4.39. The van der Waals surface area contributed by atoms with Crippen LogP contribution in [0.5, 0.6) is 17.2 Å². The number of rotatable bonds is 2. The van der Waals surface area contributed by atoms with Gasteiger partial charge in [-0.05, 0) is 49.1 Å². The van der Waals surface area contributed by atoms with E-state index in [1.165, 1.54) is 6.07 Å². The molecule has 0 saturated heterocycles. The molecule has 100 valence electrons. The molecule has 0 amide bonds. The Bertz CT molecular complexity index is 630. The van der Waals surface area contributed by atoms with E-state index in [0.717, 1.165) is 22.3 Å². The first kappa shape index (κ1) is 13.3. The molecule has 0 aliphatic heterocycles. The molecule has 3 nitrogen and oxygen atoms in total. The van der Waals surface area contributed by atoms with E-state index >= 15 is 0 Å². The number of hydrogen-bond donors (Lipinski definition) is 3. The van der Waals surface area contributed by atoms with Gasteiger partial charge in [0.2, 0.25) is 0 Å². The fourth-order valence-corrected chi connectivity index (χ4v) is 2.26. The SMILES string of the molecule is Cc1cc(Cc2cccc(O)c2O)c(C)c(C)c1O. The number of phenols is 3. The second-order valence-corrected chi connectivity index (χ2v) is 4.91. The maximum Gasteiger partial charge on any atom is 0.161 e. The monoisotopic (exact) mass is 258 g/mol. The molecule has 0 spiro atoms. The molecule has 0 bridgehead atoms. The summed E-state index contributed by atoms with van der Waals surface area (Å²) in [6, 6.07) is 6.87. The lowest BCUT2D eigenvalue weighted by Gasteiger charge is -2.14. The third kappa shape index (κ3) is 2.36. The maximum atomic E-state index is 9.89. The van der Waals surface area contributed by atoms with Gasteiger partial charge in [-0.1, -0.05) is 18.2 Å². The van der Waals surface area contributed by atoms with E-state index in [-0.39, 0.29) is 11.5 Å². The molecule has 0 aromatic heterocycles. The van der Waals surface area contributed by atoms with E-state index in [2.05, 4.69) is 0 Å². The van der Waals surface area contributed by atoms with E-state index < -0.39 is 0 Å².